The van der Waals surface area contributed by atoms with Crippen LogP contribution in [0.1, 0.15) is 11.1 Å². The summed E-state index contributed by atoms with van der Waals surface area (Å²) in [5, 5.41) is 0. The molecule has 0 aliphatic rings. The lowest BCUT2D eigenvalue weighted by Gasteiger charge is -2.15. The van der Waals surface area contributed by atoms with Crippen LogP contribution in [0.25, 0.3) is 0 Å². The third-order valence-electron chi connectivity index (χ3n) is 2.05. The van der Waals surface area contributed by atoms with E-state index in [1.54, 1.807) is 0 Å². The number of hydrogen-bond acceptors (Lipinski definition) is 3. The van der Waals surface area contributed by atoms with Gasteiger partial charge in [-0.1, -0.05) is 6.07 Å². The van der Waals surface area contributed by atoms with Crippen LogP contribution in [0.5, 0.6) is 5.75 Å². The van der Waals surface area contributed by atoms with E-state index in [0.29, 0.717) is 0 Å². The molecule has 0 spiro atoms. The van der Waals surface area contributed by atoms with Crippen LogP contribution in [0, 0.1) is 0 Å². The van der Waals surface area contributed by atoms with Crippen molar-refractivity contribution in [3.63, 3.8) is 0 Å². The Morgan fingerprint density at radius 3 is 2.44 bits per heavy atom. The second-order valence-corrected chi connectivity index (χ2v) is 3.01. The summed E-state index contributed by atoms with van der Waals surface area (Å²) in [6.45, 7) is -0.0741. The summed E-state index contributed by atoms with van der Waals surface area (Å²) in [7, 11) is 2.66. The highest BCUT2D eigenvalue weighted by atomic mass is 19.4. The summed E-state index contributed by atoms with van der Waals surface area (Å²) in [6, 6.07) is 3.79. The van der Waals surface area contributed by atoms with Crippen molar-refractivity contribution < 1.29 is 22.7 Å². The highest BCUT2D eigenvalue weighted by molar-refractivity contribution is 5.41. The molecule has 0 unspecified atom stereocenters. The van der Waals surface area contributed by atoms with E-state index in [0.717, 1.165) is 6.07 Å². The van der Waals surface area contributed by atoms with Crippen LogP contribution < -0.4 is 10.2 Å². The van der Waals surface area contributed by atoms with Crippen LogP contribution in [0.2, 0.25) is 0 Å². The van der Waals surface area contributed by atoms with Crippen LogP contribution in [0.4, 0.5) is 13.2 Å². The molecule has 90 valence electrons. The zero-order valence-corrected chi connectivity index (χ0v) is 8.89. The Hall–Kier alpha value is -1.27. The molecule has 0 aliphatic heterocycles. The monoisotopic (exact) mass is 235 g/mol. The molecule has 3 nitrogen and oxygen atoms in total. The molecule has 1 N–H and O–H groups in total. The first-order valence-electron chi connectivity index (χ1n) is 4.49. The highest BCUT2D eigenvalue weighted by Crippen LogP contribution is 2.35. The van der Waals surface area contributed by atoms with Crippen molar-refractivity contribution in [2.24, 2.45) is 0 Å². The summed E-state index contributed by atoms with van der Waals surface area (Å²) < 4.78 is 42.9. The quantitative estimate of drug-likeness (QED) is 0.813. The second-order valence-electron chi connectivity index (χ2n) is 3.01. The molecule has 1 rings (SSSR count). The summed E-state index contributed by atoms with van der Waals surface area (Å²) >= 11 is 0. The topological polar surface area (TPSA) is 30.5 Å². The predicted octanol–water partition coefficient (Wildman–Crippen LogP) is 2.37. The Kier molecular flexibility index (Phi) is 4.14. The van der Waals surface area contributed by atoms with E-state index in [9.17, 15) is 13.2 Å². The fraction of sp³-hybridized carbons (Fsp3) is 0.400. The number of halogens is 3. The fourth-order valence-electron chi connectivity index (χ4n) is 1.35. The van der Waals surface area contributed by atoms with Gasteiger partial charge in [-0.2, -0.15) is 18.7 Å². The van der Waals surface area contributed by atoms with E-state index in [1.165, 1.54) is 26.4 Å². The first-order valence-corrected chi connectivity index (χ1v) is 4.49. The van der Waals surface area contributed by atoms with Crippen molar-refractivity contribution in [1.29, 1.82) is 0 Å². The third-order valence-corrected chi connectivity index (χ3v) is 2.05. The minimum atomic E-state index is -4.40. The van der Waals surface area contributed by atoms with Gasteiger partial charge < -0.3 is 9.57 Å². The van der Waals surface area contributed by atoms with Crippen LogP contribution in [-0.2, 0) is 17.6 Å². The van der Waals surface area contributed by atoms with Crippen molar-refractivity contribution >= 4 is 0 Å². The van der Waals surface area contributed by atoms with Crippen molar-refractivity contribution in [2.45, 2.75) is 12.7 Å². The number of rotatable bonds is 4. The van der Waals surface area contributed by atoms with Gasteiger partial charge >= 0.3 is 6.18 Å². The Morgan fingerprint density at radius 1 is 1.25 bits per heavy atom. The standard InChI is InChI=1S/C10H12F3NO2/c1-15-9-5-3-4-8(10(11,12)13)7(9)6-14-16-2/h3-5,14H,6H2,1-2H3. The maximum absolute atomic E-state index is 12.7. The van der Waals surface area contributed by atoms with E-state index in [-0.39, 0.29) is 17.9 Å². The van der Waals surface area contributed by atoms with E-state index < -0.39 is 11.7 Å². The molecule has 0 aromatic heterocycles. The Labute approximate surface area is 91.1 Å². The van der Waals surface area contributed by atoms with Crippen molar-refractivity contribution in [3.05, 3.63) is 29.3 Å². The third kappa shape index (κ3) is 2.86. The number of nitrogens with one attached hydrogen (secondary N) is 1. The minimum Gasteiger partial charge on any atom is -0.496 e. The van der Waals surface area contributed by atoms with Gasteiger partial charge in [0, 0.05) is 5.56 Å². The van der Waals surface area contributed by atoms with Crippen LogP contribution in [0.15, 0.2) is 18.2 Å². The molecule has 6 heteroatoms. The number of ether oxygens (including phenoxy) is 1. The van der Waals surface area contributed by atoms with Crippen LogP contribution in [0.3, 0.4) is 0 Å². The van der Waals surface area contributed by atoms with E-state index in [1.807, 2.05) is 0 Å². The number of hydroxylamine groups is 1. The normalized spacial score (nSPS) is 11.6. The minimum absolute atomic E-state index is 0.0272. The van der Waals surface area contributed by atoms with Gasteiger partial charge in [-0.25, -0.2) is 0 Å². The largest absolute Gasteiger partial charge is 0.496 e. The molecule has 0 atom stereocenters. The zero-order valence-electron chi connectivity index (χ0n) is 8.89. The van der Waals surface area contributed by atoms with Gasteiger partial charge in [-0.15, -0.1) is 0 Å². The first-order chi connectivity index (χ1) is 7.50. The average Bonchev–Trinajstić information content (AvgIpc) is 2.24. The SMILES string of the molecule is CONCc1c(OC)cccc1C(F)(F)F. The summed E-state index contributed by atoms with van der Waals surface area (Å²) in [5.74, 6) is 0.180. The summed E-state index contributed by atoms with van der Waals surface area (Å²) in [4.78, 5) is 4.54. The number of methoxy groups -OCH3 is 1. The summed E-state index contributed by atoms with van der Waals surface area (Å²) in [6.07, 6.45) is -4.40. The van der Waals surface area contributed by atoms with E-state index in [4.69, 9.17) is 4.74 Å². The second kappa shape index (κ2) is 5.18. The molecule has 1 aromatic carbocycles. The van der Waals surface area contributed by atoms with Crippen LogP contribution >= 0.6 is 0 Å². The molecule has 1 aromatic rings. The number of hydrogen-bond donors (Lipinski definition) is 1. The van der Waals surface area contributed by atoms with Gasteiger partial charge in [-0.05, 0) is 12.1 Å². The molecular formula is C10H12F3NO2. The number of benzene rings is 1. The molecule has 16 heavy (non-hydrogen) atoms. The van der Waals surface area contributed by atoms with Gasteiger partial charge in [0.25, 0.3) is 0 Å². The molecule has 0 saturated carbocycles. The Balaban J connectivity index is 3.15. The van der Waals surface area contributed by atoms with E-state index >= 15 is 0 Å². The van der Waals surface area contributed by atoms with Gasteiger partial charge in [0.2, 0.25) is 0 Å². The van der Waals surface area contributed by atoms with Crippen LogP contribution in [-0.4, -0.2) is 14.2 Å². The molecule has 0 bridgehead atoms. The molecule has 0 aliphatic carbocycles. The zero-order chi connectivity index (χ0) is 12.2. The average molecular weight is 235 g/mol. The number of alkyl halides is 3. The molecule has 0 radical (unpaired) electrons. The van der Waals surface area contributed by atoms with Crippen molar-refractivity contribution in [2.75, 3.05) is 14.2 Å². The van der Waals surface area contributed by atoms with Gasteiger partial charge in [0.05, 0.1) is 26.3 Å². The lowest BCUT2D eigenvalue weighted by atomic mass is 10.1. The first kappa shape index (κ1) is 12.8. The van der Waals surface area contributed by atoms with Crippen molar-refractivity contribution in [3.8, 4) is 5.75 Å². The smallest absolute Gasteiger partial charge is 0.416 e. The van der Waals surface area contributed by atoms with E-state index in [2.05, 4.69) is 10.3 Å². The van der Waals surface area contributed by atoms with Crippen molar-refractivity contribution in [1.82, 2.24) is 5.48 Å². The molecule has 0 heterocycles. The lowest BCUT2D eigenvalue weighted by molar-refractivity contribution is -0.138. The van der Waals surface area contributed by atoms with Gasteiger partial charge in [0.1, 0.15) is 5.75 Å². The molecular weight excluding hydrogens is 223 g/mol. The molecule has 0 saturated heterocycles. The highest BCUT2D eigenvalue weighted by Gasteiger charge is 2.34. The Morgan fingerprint density at radius 2 is 1.94 bits per heavy atom. The van der Waals surface area contributed by atoms with Gasteiger partial charge in [0.15, 0.2) is 0 Å². The maximum atomic E-state index is 12.7. The summed E-state index contributed by atoms with van der Waals surface area (Å²) in [5.41, 5.74) is 1.67. The lowest BCUT2D eigenvalue weighted by Crippen LogP contribution is -2.17. The predicted molar refractivity (Wildman–Crippen MR) is 51.8 cm³/mol. The fourth-order valence-corrected chi connectivity index (χ4v) is 1.35. The Bertz CT molecular complexity index is 352. The molecule has 0 amide bonds. The maximum Gasteiger partial charge on any atom is 0.416 e. The van der Waals surface area contributed by atoms with Gasteiger partial charge in [-0.3, -0.25) is 0 Å². The molecule has 0 fully saturated rings.